The third-order valence-electron chi connectivity index (χ3n) is 3.12. The molecule has 4 heteroatoms. The van der Waals surface area contributed by atoms with Crippen LogP contribution in [0.25, 0.3) is 0 Å². The molecule has 0 aromatic carbocycles. The van der Waals surface area contributed by atoms with Crippen molar-refractivity contribution in [1.29, 1.82) is 0 Å². The Morgan fingerprint density at radius 2 is 2.26 bits per heavy atom. The first kappa shape index (κ1) is 15.8. The van der Waals surface area contributed by atoms with Gasteiger partial charge in [-0.25, -0.2) is 4.79 Å². The van der Waals surface area contributed by atoms with Crippen molar-refractivity contribution in [2.75, 3.05) is 13.1 Å². The molecule has 1 rings (SSSR count). The second-order valence-corrected chi connectivity index (χ2v) is 6.06. The van der Waals surface area contributed by atoms with E-state index < -0.39 is 5.60 Å². The Bertz CT molecular complexity index is 341. The van der Waals surface area contributed by atoms with Gasteiger partial charge in [-0.3, -0.25) is 5.32 Å². The second kappa shape index (κ2) is 6.81. The first-order valence-corrected chi connectivity index (χ1v) is 7.05. The molecule has 1 fully saturated rings. The molecule has 0 aromatic heterocycles. The van der Waals surface area contributed by atoms with Crippen LogP contribution >= 0.6 is 0 Å². The number of nitrogens with one attached hydrogen (secondary N) is 1. The number of piperidine rings is 1. The van der Waals surface area contributed by atoms with Gasteiger partial charge in [-0.15, -0.1) is 6.42 Å². The highest BCUT2D eigenvalue weighted by atomic mass is 16.6. The van der Waals surface area contributed by atoms with Crippen molar-refractivity contribution in [3.05, 3.63) is 0 Å². The first-order valence-electron chi connectivity index (χ1n) is 7.05. The largest absolute Gasteiger partial charge is 0.444 e. The van der Waals surface area contributed by atoms with Crippen molar-refractivity contribution in [2.45, 2.75) is 64.6 Å². The normalized spacial score (nSPS) is 21.6. The Morgan fingerprint density at radius 1 is 1.58 bits per heavy atom. The monoisotopic (exact) mass is 266 g/mol. The van der Waals surface area contributed by atoms with Crippen molar-refractivity contribution in [1.82, 2.24) is 10.2 Å². The molecule has 1 heterocycles. The van der Waals surface area contributed by atoms with E-state index >= 15 is 0 Å². The number of carbonyl (C=O) groups is 1. The highest BCUT2D eigenvalue weighted by molar-refractivity contribution is 5.68. The van der Waals surface area contributed by atoms with Crippen LogP contribution in [0.2, 0.25) is 0 Å². The summed E-state index contributed by atoms with van der Waals surface area (Å²) in [6.07, 6.45) is 8.17. The van der Waals surface area contributed by atoms with E-state index in [-0.39, 0.29) is 18.2 Å². The first-order chi connectivity index (χ1) is 8.85. The van der Waals surface area contributed by atoms with Gasteiger partial charge in [0, 0.05) is 19.1 Å². The summed E-state index contributed by atoms with van der Waals surface area (Å²) < 4.78 is 5.40. The molecule has 0 aromatic rings. The number of hydrogen-bond donors (Lipinski definition) is 1. The summed E-state index contributed by atoms with van der Waals surface area (Å²) in [5.41, 5.74) is -0.442. The molecule has 0 bridgehead atoms. The average Bonchev–Trinajstić information content (AvgIpc) is 2.34. The average molecular weight is 266 g/mol. The number of amides is 1. The van der Waals surface area contributed by atoms with Crippen molar-refractivity contribution < 1.29 is 9.53 Å². The van der Waals surface area contributed by atoms with Crippen molar-refractivity contribution in [2.24, 2.45) is 0 Å². The standard InChI is InChI=1S/C15H26N2O2/c1-6-12(7-2)16-13-9-8-10-17(11-13)14(18)19-15(3,4)5/h1,12-13,16H,7-11H2,2-5H3. The number of ether oxygens (including phenoxy) is 1. The van der Waals surface area contributed by atoms with E-state index in [9.17, 15) is 4.79 Å². The molecule has 1 saturated heterocycles. The lowest BCUT2D eigenvalue weighted by atomic mass is 10.0. The lowest BCUT2D eigenvalue weighted by Crippen LogP contribution is -2.51. The Hall–Kier alpha value is -1.21. The van der Waals surface area contributed by atoms with E-state index in [0.29, 0.717) is 6.54 Å². The number of likely N-dealkylation sites (tertiary alicyclic amines) is 1. The molecular weight excluding hydrogens is 240 g/mol. The van der Waals surface area contributed by atoms with Gasteiger partial charge in [0.2, 0.25) is 0 Å². The summed E-state index contributed by atoms with van der Waals surface area (Å²) in [6.45, 7) is 9.15. The summed E-state index contributed by atoms with van der Waals surface area (Å²) in [5, 5.41) is 3.42. The molecule has 1 N–H and O–H groups in total. The molecule has 1 aliphatic heterocycles. The molecule has 0 aliphatic carbocycles. The van der Waals surface area contributed by atoms with Gasteiger partial charge in [-0.05, 0) is 40.0 Å². The number of rotatable bonds is 3. The zero-order valence-corrected chi connectivity index (χ0v) is 12.5. The Kier molecular flexibility index (Phi) is 5.68. The van der Waals surface area contributed by atoms with Crippen LogP contribution in [0, 0.1) is 12.3 Å². The Morgan fingerprint density at radius 3 is 2.79 bits per heavy atom. The predicted molar refractivity (Wildman–Crippen MR) is 76.9 cm³/mol. The molecule has 2 atom stereocenters. The molecule has 1 aliphatic rings. The maximum Gasteiger partial charge on any atom is 0.410 e. The number of hydrogen-bond acceptors (Lipinski definition) is 3. The van der Waals surface area contributed by atoms with E-state index in [0.717, 1.165) is 25.8 Å². The molecule has 19 heavy (non-hydrogen) atoms. The second-order valence-electron chi connectivity index (χ2n) is 6.06. The van der Waals surface area contributed by atoms with Gasteiger partial charge in [0.15, 0.2) is 0 Å². The fourth-order valence-corrected chi connectivity index (χ4v) is 2.17. The molecule has 2 unspecified atom stereocenters. The zero-order valence-electron chi connectivity index (χ0n) is 12.5. The van der Waals surface area contributed by atoms with Gasteiger partial charge < -0.3 is 9.64 Å². The quantitative estimate of drug-likeness (QED) is 0.797. The van der Waals surface area contributed by atoms with Crippen molar-refractivity contribution >= 4 is 6.09 Å². The van der Waals surface area contributed by atoms with Gasteiger partial charge in [-0.1, -0.05) is 12.8 Å². The third-order valence-corrected chi connectivity index (χ3v) is 3.12. The number of terminal acetylenes is 1. The summed E-state index contributed by atoms with van der Waals surface area (Å²) in [4.78, 5) is 13.8. The van der Waals surface area contributed by atoms with Crippen LogP contribution in [0.5, 0.6) is 0 Å². The van der Waals surface area contributed by atoms with E-state index in [2.05, 4.69) is 18.2 Å². The fraction of sp³-hybridized carbons (Fsp3) is 0.800. The van der Waals surface area contributed by atoms with E-state index in [1.165, 1.54) is 0 Å². The van der Waals surface area contributed by atoms with Gasteiger partial charge in [0.25, 0.3) is 0 Å². The van der Waals surface area contributed by atoms with Crippen LogP contribution in [-0.2, 0) is 4.74 Å². The zero-order chi connectivity index (χ0) is 14.5. The van der Waals surface area contributed by atoms with E-state index in [4.69, 9.17) is 11.2 Å². The van der Waals surface area contributed by atoms with Gasteiger partial charge in [0.1, 0.15) is 5.60 Å². The van der Waals surface area contributed by atoms with E-state index in [1.54, 1.807) is 4.90 Å². The number of nitrogens with zero attached hydrogens (tertiary/aromatic N) is 1. The molecule has 0 radical (unpaired) electrons. The summed E-state index contributed by atoms with van der Waals surface area (Å²) in [6, 6.07) is 0.353. The summed E-state index contributed by atoms with van der Waals surface area (Å²) in [7, 11) is 0. The molecule has 108 valence electrons. The third kappa shape index (κ3) is 5.52. The minimum absolute atomic E-state index is 0.0867. The van der Waals surface area contributed by atoms with Crippen LogP contribution in [0.3, 0.4) is 0 Å². The Balaban J connectivity index is 2.50. The molecule has 1 amide bonds. The molecule has 4 nitrogen and oxygen atoms in total. The van der Waals surface area contributed by atoms with Crippen LogP contribution in [0.15, 0.2) is 0 Å². The highest BCUT2D eigenvalue weighted by Crippen LogP contribution is 2.15. The number of carbonyl (C=O) groups excluding carboxylic acids is 1. The lowest BCUT2D eigenvalue weighted by Gasteiger charge is -2.35. The highest BCUT2D eigenvalue weighted by Gasteiger charge is 2.28. The SMILES string of the molecule is C#CC(CC)NC1CCCN(C(=O)OC(C)(C)C)C1. The van der Waals surface area contributed by atoms with Crippen LogP contribution in [0.1, 0.15) is 47.0 Å². The summed E-state index contributed by atoms with van der Waals surface area (Å²) in [5.74, 6) is 2.74. The maximum atomic E-state index is 12.0. The topological polar surface area (TPSA) is 41.6 Å². The van der Waals surface area contributed by atoms with Crippen molar-refractivity contribution in [3.8, 4) is 12.3 Å². The summed E-state index contributed by atoms with van der Waals surface area (Å²) >= 11 is 0. The van der Waals surface area contributed by atoms with Crippen LogP contribution in [0.4, 0.5) is 4.79 Å². The van der Waals surface area contributed by atoms with Crippen molar-refractivity contribution in [3.63, 3.8) is 0 Å². The predicted octanol–water partition coefficient (Wildman–Crippen LogP) is 2.39. The minimum Gasteiger partial charge on any atom is -0.444 e. The van der Waals surface area contributed by atoms with Crippen LogP contribution < -0.4 is 5.32 Å². The smallest absolute Gasteiger partial charge is 0.410 e. The lowest BCUT2D eigenvalue weighted by molar-refractivity contribution is 0.0185. The molecule has 0 saturated carbocycles. The van der Waals surface area contributed by atoms with Crippen LogP contribution in [-0.4, -0.2) is 41.8 Å². The Labute approximate surface area is 116 Å². The minimum atomic E-state index is -0.442. The molecular formula is C15H26N2O2. The van der Waals surface area contributed by atoms with Gasteiger partial charge in [-0.2, -0.15) is 0 Å². The van der Waals surface area contributed by atoms with Gasteiger partial charge in [0.05, 0.1) is 6.04 Å². The maximum absolute atomic E-state index is 12.0. The fourth-order valence-electron chi connectivity index (χ4n) is 2.17. The van der Waals surface area contributed by atoms with E-state index in [1.807, 2.05) is 20.8 Å². The van der Waals surface area contributed by atoms with Gasteiger partial charge >= 0.3 is 6.09 Å². The molecule has 0 spiro atoms.